The van der Waals surface area contributed by atoms with Crippen LogP contribution in [-0.2, 0) is 11.8 Å². The fourth-order valence-corrected chi connectivity index (χ4v) is 5.06. The largest absolute Gasteiger partial charge is 0.493 e. The van der Waals surface area contributed by atoms with Gasteiger partial charge in [0.25, 0.3) is 0 Å². The van der Waals surface area contributed by atoms with Crippen molar-refractivity contribution in [1.29, 1.82) is 5.26 Å². The van der Waals surface area contributed by atoms with Crippen LogP contribution in [0.4, 0.5) is 0 Å². The van der Waals surface area contributed by atoms with Gasteiger partial charge in [0.1, 0.15) is 6.10 Å². The monoisotopic (exact) mass is 306 g/mol. The van der Waals surface area contributed by atoms with Gasteiger partial charge in [-0.15, -0.1) is 0 Å². The van der Waals surface area contributed by atoms with Crippen molar-refractivity contribution in [3.05, 3.63) is 46.6 Å². The lowest BCUT2D eigenvalue weighted by Gasteiger charge is -2.52. The summed E-state index contributed by atoms with van der Waals surface area (Å²) in [6.45, 7) is 1.02. The second-order valence-electron chi connectivity index (χ2n) is 6.91. The summed E-state index contributed by atoms with van der Waals surface area (Å²) >= 11 is 0. The first-order valence-corrected chi connectivity index (χ1v) is 8.10. The maximum absolute atomic E-state index is 9.59. The van der Waals surface area contributed by atoms with Crippen molar-refractivity contribution in [3.63, 3.8) is 0 Å². The van der Waals surface area contributed by atoms with Crippen molar-refractivity contribution in [1.82, 2.24) is 4.90 Å². The molecule has 2 bridgehead atoms. The number of ether oxygens (including phenoxy) is 2. The number of likely N-dealkylation sites (N-methyl/N-ethyl adjacent to an activating group) is 1. The lowest BCUT2D eigenvalue weighted by Crippen LogP contribution is -2.58. The number of rotatable bonds is 1. The highest BCUT2D eigenvalue weighted by atomic mass is 16.5. The first-order valence-electron chi connectivity index (χ1n) is 8.10. The van der Waals surface area contributed by atoms with Crippen molar-refractivity contribution < 1.29 is 9.47 Å². The normalized spacial score (nSPS) is 33.1. The highest BCUT2D eigenvalue weighted by Crippen LogP contribution is 2.62. The third kappa shape index (κ3) is 1.36. The number of benzene rings is 1. The summed E-state index contributed by atoms with van der Waals surface area (Å²) in [5, 5.41) is 9.59. The van der Waals surface area contributed by atoms with Crippen LogP contribution in [0.25, 0.3) is 0 Å². The van der Waals surface area contributed by atoms with E-state index in [-0.39, 0.29) is 11.5 Å². The van der Waals surface area contributed by atoms with Gasteiger partial charge in [-0.2, -0.15) is 5.26 Å². The average Bonchev–Trinajstić information content (AvgIpc) is 2.92. The van der Waals surface area contributed by atoms with Gasteiger partial charge in [-0.1, -0.05) is 12.1 Å². The molecule has 1 aromatic rings. The van der Waals surface area contributed by atoms with E-state index in [0.717, 1.165) is 36.5 Å². The van der Waals surface area contributed by atoms with Gasteiger partial charge >= 0.3 is 0 Å². The third-order valence-electron chi connectivity index (χ3n) is 6.09. The Kier molecular flexibility index (Phi) is 2.40. The molecule has 0 saturated carbocycles. The number of allylic oxidation sites excluding steroid dienone is 2. The minimum absolute atomic E-state index is 0.172. The Morgan fingerprint density at radius 1 is 1.39 bits per heavy atom. The fourth-order valence-electron chi connectivity index (χ4n) is 5.06. The lowest BCUT2D eigenvalue weighted by molar-refractivity contribution is 0.114. The van der Waals surface area contributed by atoms with Crippen LogP contribution in [0.5, 0.6) is 11.5 Å². The molecule has 4 heteroatoms. The van der Waals surface area contributed by atoms with E-state index in [0.29, 0.717) is 6.04 Å². The minimum Gasteiger partial charge on any atom is -0.493 e. The number of hydrogen-bond acceptors (Lipinski definition) is 4. The van der Waals surface area contributed by atoms with E-state index < -0.39 is 0 Å². The van der Waals surface area contributed by atoms with E-state index in [1.807, 2.05) is 12.1 Å². The molecule has 3 atom stereocenters. The van der Waals surface area contributed by atoms with Gasteiger partial charge < -0.3 is 9.47 Å². The molecule has 4 aliphatic rings. The maximum Gasteiger partial charge on any atom is 0.166 e. The van der Waals surface area contributed by atoms with Gasteiger partial charge in [0.05, 0.1) is 24.2 Å². The van der Waals surface area contributed by atoms with Crippen molar-refractivity contribution in [2.24, 2.45) is 0 Å². The standard InChI is InChI=1S/C19H18N2O2/c1-21-8-7-19-13-5-3-12(10-20)18(19)23-17-15(22-2)6-4-11(16(17)19)9-14(13)21/h3-6,14,18H,7-9H2,1-2H3/t14-,18+,19+/m1/s1. The Morgan fingerprint density at radius 3 is 3.04 bits per heavy atom. The first-order chi connectivity index (χ1) is 11.2. The van der Waals surface area contributed by atoms with E-state index in [4.69, 9.17) is 9.47 Å². The number of nitrogens with zero attached hydrogens (tertiary/aromatic N) is 2. The molecule has 1 saturated heterocycles. The molecule has 5 rings (SSSR count). The molecule has 2 heterocycles. The van der Waals surface area contributed by atoms with E-state index in [9.17, 15) is 5.26 Å². The fraction of sp³-hybridized carbons (Fsp3) is 0.421. The van der Waals surface area contributed by atoms with E-state index in [1.165, 1.54) is 16.7 Å². The second kappa shape index (κ2) is 4.18. The van der Waals surface area contributed by atoms with E-state index in [1.54, 1.807) is 7.11 Å². The van der Waals surface area contributed by atoms with Gasteiger partial charge in [-0.25, -0.2) is 0 Å². The van der Waals surface area contributed by atoms with E-state index in [2.05, 4.69) is 30.2 Å². The summed E-state index contributed by atoms with van der Waals surface area (Å²) in [5.74, 6) is 1.63. The Bertz CT molecular complexity index is 833. The van der Waals surface area contributed by atoms with Crippen LogP contribution in [0.2, 0.25) is 0 Å². The van der Waals surface area contributed by atoms with Crippen LogP contribution in [0.15, 0.2) is 35.4 Å². The Labute approximate surface area is 135 Å². The topological polar surface area (TPSA) is 45.5 Å². The highest BCUT2D eigenvalue weighted by Gasteiger charge is 2.61. The number of piperidine rings is 1. The Hall–Kier alpha value is -2.25. The van der Waals surface area contributed by atoms with Gasteiger partial charge in [0.2, 0.25) is 0 Å². The number of hydrogen-bond donors (Lipinski definition) is 0. The molecule has 1 fully saturated rings. The van der Waals surface area contributed by atoms with Gasteiger partial charge in [0.15, 0.2) is 11.5 Å². The summed E-state index contributed by atoms with van der Waals surface area (Å²) in [5.41, 5.74) is 4.58. The van der Waals surface area contributed by atoms with Crippen molar-refractivity contribution in [2.45, 2.75) is 30.4 Å². The number of nitriles is 1. The molecule has 0 amide bonds. The quantitative estimate of drug-likeness (QED) is 0.799. The second-order valence-corrected chi connectivity index (χ2v) is 6.91. The van der Waals surface area contributed by atoms with Crippen molar-refractivity contribution in [3.8, 4) is 17.6 Å². The molecule has 1 aromatic carbocycles. The zero-order valence-electron chi connectivity index (χ0n) is 13.3. The number of likely N-dealkylation sites (tertiary alicyclic amines) is 1. The molecule has 116 valence electrons. The molecule has 0 N–H and O–H groups in total. The van der Waals surface area contributed by atoms with Crippen LogP contribution in [-0.4, -0.2) is 37.7 Å². The molecular weight excluding hydrogens is 288 g/mol. The highest BCUT2D eigenvalue weighted by molar-refractivity contribution is 5.69. The van der Waals surface area contributed by atoms with Crippen LogP contribution >= 0.6 is 0 Å². The molecule has 2 aliphatic heterocycles. The molecule has 0 radical (unpaired) electrons. The molecule has 2 aliphatic carbocycles. The van der Waals surface area contributed by atoms with Gasteiger partial charge in [-0.05, 0) is 49.7 Å². The minimum atomic E-state index is -0.200. The molecule has 0 aromatic heterocycles. The summed E-state index contributed by atoms with van der Waals surface area (Å²) in [6, 6.07) is 6.94. The summed E-state index contributed by atoms with van der Waals surface area (Å²) in [7, 11) is 3.88. The zero-order chi connectivity index (χ0) is 15.8. The molecule has 0 unspecified atom stereocenters. The predicted molar refractivity (Wildman–Crippen MR) is 85.6 cm³/mol. The predicted octanol–water partition coefficient (Wildman–Crippen LogP) is 2.34. The average molecular weight is 306 g/mol. The Balaban J connectivity index is 1.86. The third-order valence-corrected chi connectivity index (χ3v) is 6.09. The van der Waals surface area contributed by atoms with E-state index >= 15 is 0 Å². The molecule has 1 spiro atoms. The first kappa shape index (κ1) is 13.2. The smallest absolute Gasteiger partial charge is 0.166 e. The van der Waals surface area contributed by atoms with Crippen LogP contribution < -0.4 is 9.47 Å². The van der Waals surface area contributed by atoms with Crippen LogP contribution in [0.1, 0.15) is 17.5 Å². The SMILES string of the molecule is COc1ccc2c3c1O[C@H]1C(C#N)=CC=C4[C@@H](C2)N(C)CC[C@]431. The number of methoxy groups -OCH3 is 1. The van der Waals surface area contributed by atoms with Crippen LogP contribution in [0, 0.1) is 11.3 Å². The molecule has 4 nitrogen and oxygen atoms in total. The Morgan fingerprint density at radius 2 is 2.26 bits per heavy atom. The van der Waals surface area contributed by atoms with Gasteiger partial charge in [-0.3, -0.25) is 4.90 Å². The summed E-state index contributed by atoms with van der Waals surface area (Å²) in [6.07, 6.45) is 5.92. The lowest BCUT2D eigenvalue weighted by atomic mass is 9.56. The maximum atomic E-state index is 9.59. The molecule has 23 heavy (non-hydrogen) atoms. The van der Waals surface area contributed by atoms with Crippen molar-refractivity contribution >= 4 is 0 Å². The zero-order valence-corrected chi connectivity index (χ0v) is 13.3. The summed E-state index contributed by atoms with van der Waals surface area (Å²) < 4.78 is 11.9. The van der Waals surface area contributed by atoms with Crippen LogP contribution in [0.3, 0.4) is 0 Å². The van der Waals surface area contributed by atoms with Crippen molar-refractivity contribution in [2.75, 3.05) is 20.7 Å². The summed E-state index contributed by atoms with van der Waals surface area (Å²) in [4.78, 5) is 2.44. The molecular formula is C19H18N2O2. The van der Waals surface area contributed by atoms with Gasteiger partial charge in [0, 0.05) is 11.6 Å².